The van der Waals surface area contributed by atoms with E-state index in [0.717, 1.165) is 16.1 Å². The van der Waals surface area contributed by atoms with Crippen LogP contribution in [0.5, 0.6) is 11.5 Å². The van der Waals surface area contributed by atoms with E-state index in [1.54, 1.807) is 26.0 Å². The molecule has 0 saturated heterocycles. The van der Waals surface area contributed by atoms with E-state index in [4.69, 9.17) is 9.47 Å². The highest BCUT2D eigenvalue weighted by Crippen LogP contribution is 2.36. The number of rotatable bonds is 9. The number of benzene rings is 2. The van der Waals surface area contributed by atoms with Crippen LogP contribution in [0, 0.1) is 0 Å². The Morgan fingerprint density at radius 1 is 1.09 bits per heavy atom. The number of likely N-dealkylation sites (N-methyl/N-ethyl adjacent to an activating group) is 1. The Morgan fingerprint density at radius 2 is 1.78 bits per heavy atom. The van der Waals surface area contributed by atoms with Crippen LogP contribution < -0.4 is 19.1 Å². The molecular weight excluding hydrogens is 434 g/mol. The predicted octanol–water partition coefficient (Wildman–Crippen LogP) is 1.73. The summed E-state index contributed by atoms with van der Waals surface area (Å²) in [5.74, 6) is 0.0889. The number of amides is 2. The maximum atomic E-state index is 13.3. The van der Waals surface area contributed by atoms with Crippen molar-refractivity contribution >= 4 is 27.5 Å². The normalized spacial score (nSPS) is 13.3. The molecule has 0 spiro atoms. The van der Waals surface area contributed by atoms with Gasteiger partial charge in [-0.3, -0.25) is 13.9 Å². The van der Waals surface area contributed by atoms with Crippen molar-refractivity contribution in [1.29, 1.82) is 0 Å². The van der Waals surface area contributed by atoms with Gasteiger partial charge in [-0.15, -0.1) is 0 Å². The number of sulfonamides is 1. The van der Waals surface area contributed by atoms with Gasteiger partial charge in [0.15, 0.2) is 11.5 Å². The number of hydrogen-bond acceptors (Lipinski definition) is 6. The third-order valence-electron chi connectivity index (χ3n) is 5.04. The zero-order valence-electron chi connectivity index (χ0n) is 18.3. The fourth-order valence-electron chi connectivity index (χ4n) is 3.34. The molecule has 32 heavy (non-hydrogen) atoms. The SMILES string of the molecule is CCNC(=O)C(C)N(Cc1ccccc1)C(=O)CN(c1ccc2c(c1)OCO2)S(C)(=O)=O. The van der Waals surface area contributed by atoms with Crippen molar-refractivity contribution in [2.75, 3.05) is 30.4 Å². The Labute approximate surface area is 188 Å². The van der Waals surface area contributed by atoms with Crippen LogP contribution in [0.1, 0.15) is 19.4 Å². The Bertz CT molecular complexity index is 1070. The number of hydrogen-bond donors (Lipinski definition) is 1. The van der Waals surface area contributed by atoms with Crippen LogP contribution in [-0.2, 0) is 26.2 Å². The number of carbonyl (C=O) groups excluding carboxylic acids is 2. The average Bonchev–Trinajstić information content (AvgIpc) is 3.23. The summed E-state index contributed by atoms with van der Waals surface area (Å²) in [6, 6.07) is 13.1. The van der Waals surface area contributed by atoms with Crippen LogP contribution in [0.3, 0.4) is 0 Å². The second kappa shape index (κ2) is 9.90. The molecule has 2 aromatic carbocycles. The van der Waals surface area contributed by atoms with Crippen molar-refractivity contribution in [3.63, 3.8) is 0 Å². The molecular formula is C22H27N3O6S. The summed E-state index contributed by atoms with van der Waals surface area (Å²) in [6.07, 6.45) is 1.03. The van der Waals surface area contributed by atoms with E-state index in [9.17, 15) is 18.0 Å². The van der Waals surface area contributed by atoms with Gasteiger partial charge in [0.05, 0.1) is 11.9 Å². The number of anilines is 1. The molecule has 0 bridgehead atoms. The first-order valence-electron chi connectivity index (χ1n) is 10.2. The van der Waals surface area contributed by atoms with Crippen LogP contribution in [0.15, 0.2) is 48.5 Å². The smallest absolute Gasteiger partial charge is 0.244 e. The first-order chi connectivity index (χ1) is 15.2. The lowest BCUT2D eigenvalue weighted by atomic mass is 10.1. The van der Waals surface area contributed by atoms with Crippen molar-refractivity contribution in [3.8, 4) is 11.5 Å². The maximum Gasteiger partial charge on any atom is 0.244 e. The number of ether oxygens (including phenoxy) is 2. The average molecular weight is 462 g/mol. The van der Waals surface area contributed by atoms with Crippen molar-refractivity contribution < 1.29 is 27.5 Å². The molecule has 0 radical (unpaired) electrons. The number of carbonyl (C=O) groups is 2. The fraction of sp³-hybridized carbons (Fsp3) is 0.364. The largest absolute Gasteiger partial charge is 0.454 e. The summed E-state index contributed by atoms with van der Waals surface area (Å²) in [7, 11) is -3.80. The molecule has 9 nitrogen and oxygen atoms in total. The number of fused-ring (bicyclic) bond motifs is 1. The molecule has 10 heteroatoms. The maximum absolute atomic E-state index is 13.3. The first kappa shape index (κ1) is 23.4. The monoisotopic (exact) mass is 461 g/mol. The summed E-state index contributed by atoms with van der Waals surface area (Å²) in [5, 5.41) is 2.71. The highest BCUT2D eigenvalue weighted by molar-refractivity contribution is 7.92. The van der Waals surface area contributed by atoms with Crippen LogP contribution >= 0.6 is 0 Å². The minimum absolute atomic E-state index is 0.0471. The molecule has 1 atom stereocenters. The summed E-state index contributed by atoms with van der Waals surface area (Å²) < 4.78 is 36.7. The molecule has 0 aliphatic carbocycles. The fourth-order valence-corrected chi connectivity index (χ4v) is 4.18. The van der Waals surface area contributed by atoms with Gasteiger partial charge < -0.3 is 19.7 Å². The zero-order valence-corrected chi connectivity index (χ0v) is 19.1. The third kappa shape index (κ3) is 5.50. The van der Waals surface area contributed by atoms with E-state index in [2.05, 4.69) is 5.32 Å². The molecule has 1 unspecified atom stereocenters. The Kier molecular flexibility index (Phi) is 7.24. The minimum Gasteiger partial charge on any atom is -0.454 e. The Morgan fingerprint density at radius 3 is 2.44 bits per heavy atom. The number of nitrogens with zero attached hydrogens (tertiary/aromatic N) is 2. The molecule has 172 valence electrons. The van der Waals surface area contributed by atoms with Gasteiger partial charge in [0.1, 0.15) is 12.6 Å². The van der Waals surface area contributed by atoms with Crippen molar-refractivity contribution in [1.82, 2.24) is 10.2 Å². The van der Waals surface area contributed by atoms with E-state index >= 15 is 0 Å². The van der Waals surface area contributed by atoms with E-state index in [0.29, 0.717) is 18.0 Å². The van der Waals surface area contributed by atoms with Gasteiger partial charge in [0.25, 0.3) is 0 Å². The van der Waals surface area contributed by atoms with Crippen LogP contribution in [0.25, 0.3) is 0 Å². The standard InChI is InChI=1S/C22H27N3O6S/c1-4-23-22(27)16(2)24(13-17-8-6-5-7-9-17)21(26)14-25(32(3,28)29)18-10-11-19-20(12-18)31-15-30-19/h5-12,16H,4,13-15H2,1-3H3,(H,23,27). The molecule has 1 aliphatic heterocycles. The lowest BCUT2D eigenvalue weighted by Gasteiger charge is -2.31. The summed E-state index contributed by atoms with van der Waals surface area (Å²) in [5.41, 5.74) is 1.10. The first-order valence-corrected chi connectivity index (χ1v) is 12.0. The van der Waals surface area contributed by atoms with Gasteiger partial charge in [-0.25, -0.2) is 8.42 Å². The van der Waals surface area contributed by atoms with Gasteiger partial charge in [-0.1, -0.05) is 30.3 Å². The molecule has 0 aromatic heterocycles. The summed E-state index contributed by atoms with van der Waals surface area (Å²) in [4.78, 5) is 27.2. The molecule has 2 aromatic rings. The molecule has 1 N–H and O–H groups in total. The van der Waals surface area contributed by atoms with E-state index in [1.807, 2.05) is 30.3 Å². The molecule has 0 fully saturated rings. The molecule has 3 rings (SSSR count). The minimum atomic E-state index is -3.80. The highest BCUT2D eigenvalue weighted by Gasteiger charge is 2.30. The van der Waals surface area contributed by atoms with Gasteiger partial charge in [-0.2, -0.15) is 0 Å². The predicted molar refractivity (Wildman–Crippen MR) is 120 cm³/mol. The molecule has 2 amide bonds. The Balaban J connectivity index is 1.89. The summed E-state index contributed by atoms with van der Waals surface area (Å²) in [6.45, 7) is 3.58. The van der Waals surface area contributed by atoms with Gasteiger partial charge in [0, 0.05) is 19.2 Å². The second-order valence-electron chi connectivity index (χ2n) is 7.38. The van der Waals surface area contributed by atoms with E-state index in [1.165, 1.54) is 11.0 Å². The summed E-state index contributed by atoms with van der Waals surface area (Å²) >= 11 is 0. The van der Waals surface area contributed by atoms with Crippen LogP contribution in [-0.4, -0.2) is 57.3 Å². The van der Waals surface area contributed by atoms with Gasteiger partial charge in [0.2, 0.25) is 28.6 Å². The quantitative estimate of drug-likeness (QED) is 0.610. The molecule has 0 saturated carbocycles. The lowest BCUT2D eigenvalue weighted by molar-refractivity contribution is -0.139. The molecule has 1 aliphatic rings. The lowest BCUT2D eigenvalue weighted by Crippen LogP contribution is -2.51. The van der Waals surface area contributed by atoms with Crippen LogP contribution in [0.2, 0.25) is 0 Å². The second-order valence-corrected chi connectivity index (χ2v) is 9.29. The van der Waals surface area contributed by atoms with E-state index in [-0.39, 0.29) is 24.9 Å². The van der Waals surface area contributed by atoms with Gasteiger partial charge >= 0.3 is 0 Å². The van der Waals surface area contributed by atoms with Crippen molar-refractivity contribution in [2.24, 2.45) is 0 Å². The van der Waals surface area contributed by atoms with Crippen molar-refractivity contribution in [2.45, 2.75) is 26.4 Å². The number of nitrogens with one attached hydrogen (secondary N) is 1. The van der Waals surface area contributed by atoms with Crippen molar-refractivity contribution in [3.05, 3.63) is 54.1 Å². The topological polar surface area (TPSA) is 105 Å². The third-order valence-corrected chi connectivity index (χ3v) is 6.18. The van der Waals surface area contributed by atoms with E-state index < -0.39 is 28.5 Å². The highest BCUT2D eigenvalue weighted by atomic mass is 32.2. The Hall–Kier alpha value is -3.27. The molecule has 1 heterocycles. The van der Waals surface area contributed by atoms with Crippen LogP contribution in [0.4, 0.5) is 5.69 Å². The van der Waals surface area contributed by atoms with Gasteiger partial charge in [-0.05, 0) is 31.5 Å². The zero-order chi connectivity index (χ0) is 23.3.